The standard InChI is InChI=1S/C16H22BrN3.HI/c1-18-16(19-13-4-2-3-5-13)20-15-10-14(15)11-6-8-12(17)9-7-11;/h6-9,13-15H,2-5,10H2,1H3,(H2,18,19,20);1H. The van der Waals surface area contributed by atoms with Gasteiger partial charge in [-0.2, -0.15) is 0 Å². The van der Waals surface area contributed by atoms with Crippen molar-refractivity contribution in [2.24, 2.45) is 4.99 Å². The molecule has 2 N–H and O–H groups in total. The number of hydrogen-bond donors (Lipinski definition) is 2. The predicted octanol–water partition coefficient (Wildman–Crippen LogP) is 4.03. The summed E-state index contributed by atoms with van der Waals surface area (Å²) in [6, 6.07) is 9.81. The molecule has 2 atom stereocenters. The Bertz CT molecular complexity index is 483. The maximum atomic E-state index is 4.36. The van der Waals surface area contributed by atoms with E-state index >= 15 is 0 Å². The number of rotatable bonds is 3. The van der Waals surface area contributed by atoms with E-state index in [9.17, 15) is 0 Å². The van der Waals surface area contributed by atoms with E-state index in [0.717, 1.165) is 10.4 Å². The Balaban J connectivity index is 0.00000161. The molecule has 0 aromatic heterocycles. The first-order valence-electron chi connectivity index (χ1n) is 7.51. The summed E-state index contributed by atoms with van der Waals surface area (Å²) in [5, 5.41) is 7.11. The molecule has 0 radical (unpaired) electrons. The zero-order chi connectivity index (χ0) is 13.9. The van der Waals surface area contributed by atoms with Crippen LogP contribution in [0.15, 0.2) is 33.7 Å². The molecule has 0 bridgehead atoms. The van der Waals surface area contributed by atoms with E-state index < -0.39 is 0 Å². The van der Waals surface area contributed by atoms with E-state index in [-0.39, 0.29) is 24.0 Å². The zero-order valence-electron chi connectivity index (χ0n) is 12.3. The molecule has 0 aliphatic heterocycles. The summed E-state index contributed by atoms with van der Waals surface area (Å²) in [4.78, 5) is 4.36. The first-order chi connectivity index (χ1) is 9.76. The van der Waals surface area contributed by atoms with E-state index in [4.69, 9.17) is 0 Å². The lowest BCUT2D eigenvalue weighted by Gasteiger charge is -2.16. The van der Waals surface area contributed by atoms with Crippen LogP contribution in [0.25, 0.3) is 0 Å². The lowest BCUT2D eigenvalue weighted by atomic mass is 10.1. The minimum absolute atomic E-state index is 0. The van der Waals surface area contributed by atoms with Crippen molar-refractivity contribution in [1.29, 1.82) is 0 Å². The fraction of sp³-hybridized carbons (Fsp3) is 0.562. The molecule has 0 heterocycles. The normalized spacial score (nSPS) is 25.3. The quantitative estimate of drug-likeness (QED) is 0.403. The van der Waals surface area contributed by atoms with Gasteiger partial charge in [-0.05, 0) is 37.0 Å². The Morgan fingerprint density at radius 1 is 1.14 bits per heavy atom. The van der Waals surface area contributed by atoms with Crippen LogP contribution in [0, 0.1) is 0 Å². The maximum Gasteiger partial charge on any atom is 0.191 e. The lowest BCUT2D eigenvalue weighted by Crippen LogP contribution is -2.43. The third kappa shape index (κ3) is 4.58. The molecule has 116 valence electrons. The van der Waals surface area contributed by atoms with E-state index in [1.807, 2.05) is 7.05 Å². The molecular formula is C16H23BrIN3. The second kappa shape index (κ2) is 7.81. The molecule has 0 saturated heterocycles. The van der Waals surface area contributed by atoms with E-state index in [1.54, 1.807) is 0 Å². The largest absolute Gasteiger partial charge is 0.354 e. The fourth-order valence-corrected chi connectivity index (χ4v) is 3.31. The van der Waals surface area contributed by atoms with Gasteiger partial charge in [-0.1, -0.05) is 40.9 Å². The minimum atomic E-state index is 0. The average molecular weight is 464 g/mol. The minimum Gasteiger partial charge on any atom is -0.354 e. The smallest absolute Gasteiger partial charge is 0.191 e. The topological polar surface area (TPSA) is 36.4 Å². The predicted molar refractivity (Wildman–Crippen MR) is 103 cm³/mol. The van der Waals surface area contributed by atoms with Crippen molar-refractivity contribution in [3.63, 3.8) is 0 Å². The number of nitrogens with one attached hydrogen (secondary N) is 2. The highest BCUT2D eigenvalue weighted by Gasteiger charge is 2.39. The monoisotopic (exact) mass is 463 g/mol. The molecule has 1 aromatic rings. The molecule has 2 fully saturated rings. The second-order valence-electron chi connectivity index (χ2n) is 5.84. The third-order valence-corrected chi connectivity index (χ3v) is 4.86. The van der Waals surface area contributed by atoms with E-state index in [1.165, 1.54) is 37.7 Å². The molecule has 21 heavy (non-hydrogen) atoms. The van der Waals surface area contributed by atoms with Gasteiger partial charge in [0.25, 0.3) is 0 Å². The molecule has 3 nitrogen and oxygen atoms in total. The van der Waals surface area contributed by atoms with Crippen LogP contribution >= 0.6 is 39.9 Å². The van der Waals surface area contributed by atoms with Gasteiger partial charge in [-0.25, -0.2) is 0 Å². The Morgan fingerprint density at radius 3 is 2.43 bits per heavy atom. The van der Waals surface area contributed by atoms with Crippen LogP contribution in [0.2, 0.25) is 0 Å². The molecule has 1 aromatic carbocycles. The van der Waals surface area contributed by atoms with Crippen LogP contribution in [0.4, 0.5) is 0 Å². The lowest BCUT2D eigenvalue weighted by molar-refractivity contribution is 0.612. The number of aliphatic imine (C=N–C) groups is 1. The van der Waals surface area contributed by atoms with Crippen molar-refractivity contribution >= 4 is 45.9 Å². The van der Waals surface area contributed by atoms with Gasteiger partial charge in [0.15, 0.2) is 5.96 Å². The van der Waals surface area contributed by atoms with E-state index in [2.05, 4.69) is 55.8 Å². The van der Waals surface area contributed by atoms with Gasteiger partial charge in [-0.15, -0.1) is 24.0 Å². The van der Waals surface area contributed by atoms with E-state index in [0.29, 0.717) is 18.0 Å². The molecule has 2 unspecified atom stereocenters. The zero-order valence-corrected chi connectivity index (χ0v) is 16.2. The highest BCUT2D eigenvalue weighted by atomic mass is 127. The molecule has 2 saturated carbocycles. The summed E-state index contributed by atoms with van der Waals surface area (Å²) in [6.45, 7) is 0. The summed E-state index contributed by atoms with van der Waals surface area (Å²) in [5.41, 5.74) is 1.42. The highest BCUT2D eigenvalue weighted by molar-refractivity contribution is 14.0. The first kappa shape index (κ1) is 17.1. The van der Waals surface area contributed by atoms with Crippen molar-refractivity contribution < 1.29 is 0 Å². The van der Waals surface area contributed by atoms with Crippen molar-refractivity contribution in [2.45, 2.75) is 50.1 Å². The molecular weight excluding hydrogens is 441 g/mol. The number of hydrogen-bond acceptors (Lipinski definition) is 1. The SMILES string of the molecule is CN=C(NC1CCCC1)NC1CC1c1ccc(Br)cc1.I. The van der Waals surface area contributed by atoms with Gasteiger partial charge in [0.2, 0.25) is 0 Å². The highest BCUT2D eigenvalue weighted by Crippen LogP contribution is 2.41. The third-order valence-electron chi connectivity index (χ3n) is 4.33. The molecule has 0 amide bonds. The summed E-state index contributed by atoms with van der Waals surface area (Å²) >= 11 is 3.49. The summed E-state index contributed by atoms with van der Waals surface area (Å²) < 4.78 is 1.14. The van der Waals surface area contributed by atoms with Gasteiger partial charge in [0.05, 0.1) is 0 Å². The Hall–Kier alpha value is -0.300. The molecule has 5 heteroatoms. The van der Waals surface area contributed by atoms with Crippen LogP contribution in [0.1, 0.15) is 43.6 Å². The molecule has 0 spiro atoms. The average Bonchev–Trinajstić information content (AvgIpc) is 3.02. The van der Waals surface area contributed by atoms with Gasteiger partial charge in [0.1, 0.15) is 0 Å². The second-order valence-corrected chi connectivity index (χ2v) is 6.76. The van der Waals surface area contributed by atoms with Gasteiger partial charge >= 0.3 is 0 Å². The Morgan fingerprint density at radius 2 is 1.81 bits per heavy atom. The van der Waals surface area contributed by atoms with Gasteiger partial charge in [0, 0.05) is 29.5 Å². The van der Waals surface area contributed by atoms with Crippen molar-refractivity contribution in [2.75, 3.05) is 7.05 Å². The van der Waals surface area contributed by atoms with Crippen molar-refractivity contribution in [3.8, 4) is 0 Å². The number of halogens is 2. The maximum absolute atomic E-state index is 4.36. The van der Waals surface area contributed by atoms with Gasteiger partial charge < -0.3 is 10.6 Å². The summed E-state index contributed by atoms with van der Waals surface area (Å²) in [5.74, 6) is 1.60. The van der Waals surface area contributed by atoms with Crippen molar-refractivity contribution in [3.05, 3.63) is 34.3 Å². The van der Waals surface area contributed by atoms with Crippen LogP contribution in [0.5, 0.6) is 0 Å². The Labute approximate surface area is 152 Å². The number of benzene rings is 1. The molecule has 2 aliphatic rings. The number of nitrogens with zero attached hydrogens (tertiary/aromatic N) is 1. The number of guanidine groups is 1. The summed E-state index contributed by atoms with van der Waals surface area (Å²) in [6.07, 6.45) is 6.45. The first-order valence-corrected chi connectivity index (χ1v) is 8.31. The Kier molecular flexibility index (Phi) is 6.34. The van der Waals surface area contributed by atoms with Crippen LogP contribution in [-0.2, 0) is 0 Å². The van der Waals surface area contributed by atoms with Crippen LogP contribution in [-0.4, -0.2) is 25.1 Å². The summed E-state index contributed by atoms with van der Waals surface area (Å²) in [7, 11) is 1.86. The van der Waals surface area contributed by atoms with Crippen LogP contribution in [0.3, 0.4) is 0 Å². The van der Waals surface area contributed by atoms with Gasteiger partial charge in [-0.3, -0.25) is 4.99 Å². The molecule has 3 rings (SSSR count). The molecule has 2 aliphatic carbocycles. The van der Waals surface area contributed by atoms with Crippen molar-refractivity contribution in [1.82, 2.24) is 10.6 Å². The van der Waals surface area contributed by atoms with Crippen LogP contribution < -0.4 is 10.6 Å². The fourth-order valence-electron chi connectivity index (χ4n) is 3.04.